The van der Waals surface area contributed by atoms with Crippen molar-refractivity contribution in [1.82, 2.24) is 9.97 Å². The Labute approximate surface area is 126 Å². The van der Waals surface area contributed by atoms with Gasteiger partial charge in [0.25, 0.3) is 0 Å². The number of nitrogens with one attached hydrogen (secondary N) is 1. The number of ether oxygens (including phenoxy) is 1. The molecule has 20 heavy (non-hydrogen) atoms. The predicted octanol–water partition coefficient (Wildman–Crippen LogP) is 4.76. The molecule has 0 spiro atoms. The molecule has 0 aliphatic rings. The van der Waals surface area contributed by atoms with Gasteiger partial charge in [-0.15, -0.1) is 0 Å². The number of hydrogen-bond donors (Lipinski definition) is 1. The lowest BCUT2D eigenvalue weighted by atomic mass is 10.2. The summed E-state index contributed by atoms with van der Waals surface area (Å²) in [6.45, 7) is 2.39. The number of halogens is 2. The van der Waals surface area contributed by atoms with Crippen LogP contribution in [-0.2, 0) is 6.61 Å². The molecule has 0 amide bonds. The summed E-state index contributed by atoms with van der Waals surface area (Å²) >= 11 is 11.9. The number of benzene rings is 2. The van der Waals surface area contributed by atoms with Gasteiger partial charge in [-0.05, 0) is 36.8 Å². The third-order valence-corrected chi connectivity index (χ3v) is 3.66. The van der Waals surface area contributed by atoms with Gasteiger partial charge in [0.15, 0.2) is 0 Å². The zero-order chi connectivity index (χ0) is 14.1. The van der Waals surface area contributed by atoms with Crippen LogP contribution in [0.3, 0.4) is 0 Å². The van der Waals surface area contributed by atoms with Crippen LogP contribution in [0.5, 0.6) is 5.75 Å². The van der Waals surface area contributed by atoms with Gasteiger partial charge >= 0.3 is 0 Å². The third-order valence-electron chi connectivity index (χ3n) is 2.94. The molecule has 3 nitrogen and oxygen atoms in total. The molecule has 3 rings (SSSR count). The number of fused-ring (bicyclic) bond motifs is 1. The van der Waals surface area contributed by atoms with Crippen molar-refractivity contribution in [3.63, 3.8) is 0 Å². The highest BCUT2D eigenvalue weighted by atomic mass is 35.5. The van der Waals surface area contributed by atoms with Crippen LogP contribution in [0.25, 0.3) is 11.0 Å². The predicted molar refractivity (Wildman–Crippen MR) is 81.6 cm³/mol. The summed E-state index contributed by atoms with van der Waals surface area (Å²) in [5.74, 6) is 1.56. The number of hydrogen-bond acceptors (Lipinski definition) is 2. The Bertz CT molecular complexity index is 729. The van der Waals surface area contributed by atoms with Crippen molar-refractivity contribution >= 4 is 34.2 Å². The smallest absolute Gasteiger partial charge is 0.146 e. The van der Waals surface area contributed by atoms with E-state index in [2.05, 4.69) is 9.97 Å². The zero-order valence-electron chi connectivity index (χ0n) is 10.8. The molecule has 102 valence electrons. The van der Waals surface area contributed by atoms with Gasteiger partial charge in [-0.1, -0.05) is 35.3 Å². The molecule has 0 aliphatic carbocycles. The van der Waals surface area contributed by atoms with Crippen molar-refractivity contribution in [2.75, 3.05) is 0 Å². The Balaban J connectivity index is 1.81. The first-order valence-corrected chi connectivity index (χ1v) is 6.90. The minimum atomic E-state index is 0.368. The standard InChI is InChI=1S/C15H12Cl2N2O/c1-9-3-2-4-10(5-9)20-8-15-18-13-6-11(16)12(17)7-14(13)19-15/h2-7H,8H2,1H3,(H,18,19). The molecule has 1 aromatic heterocycles. The minimum Gasteiger partial charge on any atom is -0.486 e. The molecule has 1 N–H and O–H groups in total. The topological polar surface area (TPSA) is 37.9 Å². The Morgan fingerprint density at radius 3 is 2.75 bits per heavy atom. The van der Waals surface area contributed by atoms with E-state index in [1.807, 2.05) is 31.2 Å². The molecule has 0 fully saturated rings. The van der Waals surface area contributed by atoms with Gasteiger partial charge in [0.05, 0.1) is 21.1 Å². The zero-order valence-corrected chi connectivity index (χ0v) is 12.3. The summed E-state index contributed by atoms with van der Waals surface area (Å²) in [7, 11) is 0. The Morgan fingerprint density at radius 2 is 1.95 bits per heavy atom. The summed E-state index contributed by atoms with van der Waals surface area (Å²) in [5.41, 5.74) is 2.79. The number of nitrogens with zero attached hydrogens (tertiary/aromatic N) is 1. The lowest BCUT2D eigenvalue weighted by molar-refractivity contribution is 0.297. The molecular weight excluding hydrogens is 295 g/mol. The summed E-state index contributed by atoms with van der Waals surface area (Å²) in [4.78, 5) is 7.60. The van der Waals surface area contributed by atoms with Crippen LogP contribution in [0.1, 0.15) is 11.4 Å². The van der Waals surface area contributed by atoms with E-state index in [0.717, 1.165) is 28.2 Å². The number of aromatic amines is 1. The number of rotatable bonds is 3. The number of imidazole rings is 1. The van der Waals surface area contributed by atoms with E-state index in [9.17, 15) is 0 Å². The lowest BCUT2D eigenvalue weighted by Crippen LogP contribution is -1.97. The Morgan fingerprint density at radius 1 is 1.15 bits per heavy atom. The molecule has 0 aliphatic heterocycles. The van der Waals surface area contributed by atoms with Gasteiger partial charge in [-0.2, -0.15) is 0 Å². The second-order valence-electron chi connectivity index (χ2n) is 4.57. The number of aromatic nitrogens is 2. The molecule has 3 aromatic rings. The summed E-state index contributed by atoms with van der Waals surface area (Å²) in [6, 6.07) is 11.4. The first-order chi connectivity index (χ1) is 9.61. The first kappa shape index (κ1) is 13.3. The van der Waals surface area contributed by atoms with E-state index in [-0.39, 0.29) is 0 Å². The molecular formula is C15H12Cl2N2O. The molecule has 2 aromatic carbocycles. The largest absolute Gasteiger partial charge is 0.486 e. The van der Waals surface area contributed by atoms with E-state index in [1.54, 1.807) is 12.1 Å². The van der Waals surface area contributed by atoms with Crippen molar-refractivity contribution < 1.29 is 4.74 Å². The fraction of sp³-hybridized carbons (Fsp3) is 0.133. The number of H-pyrrole nitrogens is 1. The van der Waals surface area contributed by atoms with Gasteiger partial charge in [-0.25, -0.2) is 4.98 Å². The van der Waals surface area contributed by atoms with Gasteiger partial charge in [0, 0.05) is 0 Å². The summed E-state index contributed by atoms with van der Waals surface area (Å²) in [5, 5.41) is 1.01. The van der Waals surface area contributed by atoms with Crippen LogP contribution < -0.4 is 4.74 Å². The van der Waals surface area contributed by atoms with Crippen molar-refractivity contribution in [2.24, 2.45) is 0 Å². The summed E-state index contributed by atoms with van der Waals surface area (Å²) in [6.07, 6.45) is 0. The van der Waals surface area contributed by atoms with E-state index in [1.165, 1.54) is 0 Å². The van der Waals surface area contributed by atoms with E-state index >= 15 is 0 Å². The van der Waals surface area contributed by atoms with Gasteiger partial charge in [0.1, 0.15) is 18.2 Å². The maximum atomic E-state index is 5.98. The highest BCUT2D eigenvalue weighted by Gasteiger charge is 2.07. The SMILES string of the molecule is Cc1cccc(OCc2nc3cc(Cl)c(Cl)cc3[nH]2)c1. The normalized spacial score (nSPS) is 10.9. The Hall–Kier alpha value is -1.71. The van der Waals surface area contributed by atoms with Crippen LogP contribution in [0.2, 0.25) is 10.0 Å². The van der Waals surface area contributed by atoms with Crippen molar-refractivity contribution in [2.45, 2.75) is 13.5 Å². The quantitative estimate of drug-likeness (QED) is 0.757. The maximum Gasteiger partial charge on any atom is 0.146 e. The van der Waals surface area contributed by atoms with Gasteiger partial charge in [0.2, 0.25) is 0 Å². The van der Waals surface area contributed by atoms with Crippen LogP contribution >= 0.6 is 23.2 Å². The maximum absolute atomic E-state index is 5.98. The van der Waals surface area contributed by atoms with E-state index in [0.29, 0.717) is 16.7 Å². The fourth-order valence-electron chi connectivity index (χ4n) is 1.98. The molecule has 0 saturated carbocycles. The van der Waals surface area contributed by atoms with E-state index in [4.69, 9.17) is 27.9 Å². The van der Waals surface area contributed by atoms with Gasteiger partial charge < -0.3 is 9.72 Å². The fourth-order valence-corrected chi connectivity index (χ4v) is 2.30. The molecule has 0 unspecified atom stereocenters. The highest BCUT2D eigenvalue weighted by Crippen LogP contribution is 2.26. The second-order valence-corrected chi connectivity index (χ2v) is 5.39. The van der Waals surface area contributed by atoms with Crippen LogP contribution in [-0.4, -0.2) is 9.97 Å². The molecule has 5 heteroatoms. The van der Waals surface area contributed by atoms with E-state index < -0.39 is 0 Å². The molecule has 0 bridgehead atoms. The van der Waals surface area contributed by atoms with Crippen LogP contribution in [0, 0.1) is 6.92 Å². The number of aryl methyl sites for hydroxylation is 1. The van der Waals surface area contributed by atoms with Crippen molar-refractivity contribution in [3.8, 4) is 5.75 Å². The second kappa shape index (κ2) is 5.35. The van der Waals surface area contributed by atoms with Crippen LogP contribution in [0.15, 0.2) is 36.4 Å². The average molecular weight is 307 g/mol. The molecule has 0 radical (unpaired) electrons. The minimum absolute atomic E-state index is 0.368. The lowest BCUT2D eigenvalue weighted by Gasteiger charge is -2.04. The molecule has 1 heterocycles. The monoisotopic (exact) mass is 306 g/mol. The Kier molecular flexibility index (Phi) is 3.55. The average Bonchev–Trinajstić information content (AvgIpc) is 2.79. The third kappa shape index (κ3) is 2.74. The summed E-state index contributed by atoms with van der Waals surface area (Å²) < 4.78 is 5.70. The molecule has 0 saturated heterocycles. The van der Waals surface area contributed by atoms with Crippen molar-refractivity contribution in [3.05, 3.63) is 57.8 Å². The molecule has 0 atom stereocenters. The van der Waals surface area contributed by atoms with Crippen LogP contribution in [0.4, 0.5) is 0 Å². The first-order valence-electron chi connectivity index (χ1n) is 6.15. The van der Waals surface area contributed by atoms with Gasteiger partial charge in [-0.3, -0.25) is 0 Å². The highest BCUT2D eigenvalue weighted by molar-refractivity contribution is 6.42. The van der Waals surface area contributed by atoms with Crippen molar-refractivity contribution in [1.29, 1.82) is 0 Å².